The number of aromatic nitrogens is 2. The van der Waals surface area contributed by atoms with Crippen LogP contribution < -0.4 is 0 Å². The first kappa shape index (κ1) is 7.40. The highest BCUT2D eigenvalue weighted by atomic mass is 15.2. The van der Waals surface area contributed by atoms with Gasteiger partial charge in [-0.15, -0.1) is 0 Å². The lowest BCUT2D eigenvalue weighted by molar-refractivity contribution is 0.323. The predicted octanol–water partition coefficient (Wildman–Crippen LogP) is 1.30. The van der Waals surface area contributed by atoms with Gasteiger partial charge in [0.05, 0.1) is 6.20 Å². The molecule has 1 aromatic rings. The largest absolute Gasteiger partial charge is 0.371 e. The minimum atomic E-state index is 0.959. The summed E-state index contributed by atoms with van der Waals surface area (Å²) in [5.74, 6) is 0. The zero-order valence-electron chi connectivity index (χ0n) is 7.30. The van der Waals surface area contributed by atoms with Crippen molar-refractivity contribution in [2.75, 3.05) is 6.54 Å². The quantitative estimate of drug-likeness (QED) is 0.676. The molecule has 3 heteroatoms. The Hall–Kier alpha value is -1.25. The summed E-state index contributed by atoms with van der Waals surface area (Å²) >= 11 is 0. The van der Waals surface area contributed by atoms with Crippen LogP contribution in [0.2, 0.25) is 0 Å². The van der Waals surface area contributed by atoms with Crippen molar-refractivity contribution in [3.05, 3.63) is 29.7 Å². The highest BCUT2D eigenvalue weighted by Crippen LogP contribution is 2.18. The van der Waals surface area contributed by atoms with E-state index in [-0.39, 0.29) is 0 Å². The van der Waals surface area contributed by atoms with Crippen LogP contribution in [-0.4, -0.2) is 21.6 Å². The number of nitrogens with zero attached hydrogens (tertiary/aromatic N) is 2. The standard InChI is InChI=1S/C9H13N3/c1-7(2)12-4-3-9-8(6-12)5-10-11-9/h5H,1,3-4,6H2,2H3,(H,10,11). The maximum absolute atomic E-state index is 4.02. The van der Waals surface area contributed by atoms with Crippen LogP contribution in [0.15, 0.2) is 18.5 Å². The van der Waals surface area contributed by atoms with Gasteiger partial charge in [-0.05, 0) is 6.92 Å². The third kappa shape index (κ3) is 1.11. The Labute approximate surface area is 72.1 Å². The highest BCUT2D eigenvalue weighted by Gasteiger charge is 2.16. The fourth-order valence-electron chi connectivity index (χ4n) is 1.55. The second-order valence-electron chi connectivity index (χ2n) is 3.28. The summed E-state index contributed by atoms with van der Waals surface area (Å²) in [5, 5.41) is 7.03. The van der Waals surface area contributed by atoms with E-state index in [4.69, 9.17) is 0 Å². The smallest absolute Gasteiger partial charge is 0.0540 e. The lowest BCUT2D eigenvalue weighted by atomic mass is 10.1. The van der Waals surface area contributed by atoms with Gasteiger partial charge in [0.2, 0.25) is 0 Å². The van der Waals surface area contributed by atoms with Crippen molar-refractivity contribution in [3.8, 4) is 0 Å². The average Bonchev–Trinajstić information content (AvgIpc) is 2.49. The number of hydrogen-bond donors (Lipinski definition) is 1. The maximum atomic E-state index is 4.02. The Kier molecular flexibility index (Phi) is 1.64. The molecule has 0 aromatic carbocycles. The molecule has 0 fully saturated rings. The zero-order chi connectivity index (χ0) is 8.55. The first-order valence-corrected chi connectivity index (χ1v) is 4.19. The Morgan fingerprint density at radius 3 is 3.33 bits per heavy atom. The molecule has 0 aliphatic carbocycles. The van der Waals surface area contributed by atoms with Gasteiger partial charge < -0.3 is 4.90 Å². The lowest BCUT2D eigenvalue weighted by Gasteiger charge is -2.28. The summed E-state index contributed by atoms with van der Waals surface area (Å²) in [6.45, 7) is 8.00. The van der Waals surface area contributed by atoms with Crippen molar-refractivity contribution in [2.45, 2.75) is 19.9 Å². The molecule has 2 heterocycles. The normalized spacial score (nSPS) is 15.9. The molecule has 12 heavy (non-hydrogen) atoms. The molecule has 3 nitrogen and oxygen atoms in total. The van der Waals surface area contributed by atoms with Crippen LogP contribution in [0.5, 0.6) is 0 Å². The molecule has 0 saturated heterocycles. The van der Waals surface area contributed by atoms with Crippen molar-refractivity contribution in [3.63, 3.8) is 0 Å². The van der Waals surface area contributed by atoms with Crippen LogP contribution in [0.4, 0.5) is 0 Å². The van der Waals surface area contributed by atoms with Crippen LogP contribution in [-0.2, 0) is 13.0 Å². The van der Waals surface area contributed by atoms with E-state index in [1.165, 1.54) is 11.3 Å². The molecule has 0 bridgehead atoms. The van der Waals surface area contributed by atoms with Gasteiger partial charge in [0, 0.05) is 36.5 Å². The van der Waals surface area contributed by atoms with Crippen molar-refractivity contribution < 1.29 is 0 Å². The van der Waals surface area contributed by atoms with Gasteiger partial charge in [-0.1, -0.05) is 6.58 Å². The van der Waals surface area contributed by atoms with Gasteiger partial charge >= 0.3 is 0 Å². The summed E-state index contributed by atoms with van der Waals surface area (Å²) in [5.41, 5.74) is 3.73. The molecule has 0 unspecified atom stereocenters. The maximum Gasteiger partial charge on any atom is 0.0540 e. The second-order valence-corrected chi connectivity index (χ2v) is 3.28. The number of fused-ring (bicyclic) bond motifs is 1. The number of nitrogens with one attached hydrogen (secondary N) is 1. The minimum Gasteiger partial charge on any atom is -0.371 e. The van der Waals surface area contributed by atoms with Crippen LogP contribution in [0.1, 0.15) is 18.2 Å². The summed E-state index contributed by atoms with van der Waals surface area (Å²) < 4.78 is 0. The molecule has 0 atom stereocenters. The SMILES string of the molecule is C=C(C)N1CCc2[nH]ncc2C1. The molecule has 64 valence electrons. The van der Waals surface area contributed by atoms with Gasteiger partial charge in [-0.3, -0.25) is 5.10 Å². The van der Waals surface area contributed by atoms with Gasteiger partial charge in [-0.25, -0.2) is 0 Å². The van der Waals surface area contributed by atoms with E-state index >= 15 is 0 Å². The molecule has 0 saturated carbocycles. The van der Waals surface area contributed by atoms with Crippen LogP contribution >= 0.6 is 0 Å². The second kappa shape index (κ2) is 2.66. The first-order valence-electron chi connectivity index (χ1n) is 4.19. The summed E-state index contributed by atoms with van der Waals surface area (Å²) in [6.07, 6.45) is 2.96. The summed E-state index contributed by atoms with van der Waals surface area (Å²) in [4.78, 5) is 2.28. The molecule has 0 amide bonds. The molecule has 1 aliphatic heterocycles. The fraction of sp³-hybridized carbons (Fsp3) is 0.444. The van der Waals surface area contributed by atoms with Gasteiger partial charge in [0.25, 0.3) is 0 Å². The van der Waals surface area contributed by atoms with E-state index in [9.17, 15) is 0 Å². The Bertz CT molecular complexity index is 300. The number of hydrogen-bond acceptors (Lipinski definition) is 2. The zero-order valence-corrected chi connectivity index (χ0v) is 7.30. The van der Waals surface area contributed by atoms with Gasteiger partial charge in [0.1, 0.15) is 0 Å². The van der Waals surface area contributed by atoms with E-state index in [0.717, 1.165) is 25.2 Å². The van der Waals surface area contributed by atoms with Gasteiger partial charge in [0.15, 0.2) is 0 Å². The minimum absolute atomic E-state index is 0.959. The van der Waals surface area contributed by atoms with Crippen LogP contribution in [0, 0.1) is 0 Å². The third-order valence-electron chi connectivity index (χ3n) is 2.34. The predicted molar refractivity (Wildman–Crippen MR) is 47.5 cm³/mol. The van der Waals surface area contributed by atoms with E-state index in [1.54, 1.807) is 0 Å². The third-order valence-corrected chi connectivity index (χ3v) is 2.34. The lowest BCUT2D eigenvalue weighted by Crippen LogP contribution is -2.28. The van der Waals surface area contributed by atoms with Crippen molar-refractivity contribution in [2.24, 2.45) is 0 Å². The molecule has 0 spiro atoms. The molecule has 1 aliphatic rings. The van der Waals surface area contributed by atoms with Crippen LogP contribution in [0.25, 0.3) is 0 Å². The number of aromatic amines is 1. The average molecular weight is 163 g/mol. The number of rotatable bonds is 1. The topological polar surface area (TPSA) is 31.9 Å². The van der Waals surface area contributed by atoms with E-state index < -0.39 is 0 Å². The molecule has 1 aromatic heterocycles. The Balaban J connectivity index is 2.20. The first-order chi connectivity index (χ1) is 5.77. The van der Waals surface area contributed by atoms with E-state index in [2.05, 4.69) is 21.7 Å². The van der Waals surface area contributed by atoms with E-state index in [1.807, 2.05) is 13.1 Å². The van der Waals surface area contributed by atoms with E-state index in [0.29, 0.717) is 0 Å². The molecule has 2 rings (SSSR count). The van der Waals surface area contributed by atoms with Crippen molar-refractivity contribution >= 4 is 0 Å². The van der Waals surface area contributed by atoms with Crippen LogP contribution in [0.3, 0.4) is 0 Å². The van der Waals surface area contributed by atoms with Crippen molar-refractivity contribution in [1.82, 2.24) is 15.1 Å². The molecular formula is C9H13N3. The molecule has 0 radical (unpaired) electrons. The molecule has 1 N–H and O–H groups in total. The number of allylic oxidation sites excluding steroid dienone is 1. The molecular weight excluding hydrogens is 150 g/mol. The number of H-pyrrole nitrogens is 1. The Morgan fingerprint density at radius 2 is 2.58 bits per heavy atom. The summed E-state index contributed by atoms with van der Waals surface area (Å²) in [6, 6.07) is 0. The fourth-order valence-corrected chi connectivity index (χ4v) is 1.55. The highest BCUT2D eigenvalue weighted by molar-refractivity contribution is 5.20. The van der Waals surface area contributed by atoms with Gasteiger partial charge in [-0.2, -0.15) is 5.10 Å². The monoisotopic (exact) mass is 163 g/mol. The van der Waals surface area contributed by atoms with Crippen molar-refractivity contribution in [1.29, 1.82) is 0 Å². The Morgan fingerprint density at radius 1 is 1.75 bits per heavy atom. The summed E-state index contributed by atoms with van der Waals surface area (Å²) in [7, 11) is 0.